The fraction of sp³-hybridized carbons (Fsp3) is 0.0769. The molecule has 2 nitrogen and oxygen atoms in total. The van der Waals surface area contributed by atoms with E-state index in [4.69, 9.17) is 5.26 Å². The van der Waals surface area contributed by atoms with Crippen molar-refractivity contribution in [1.29, 1.82) is 5.26 Å². The van der Waals surface area contributed by atoms with Gasteiger partial charge in [-0.05, 0) is 36.5 Å². The maximum atomic E-state index is 8.93. The summed E-state index contributed by atoms with van der Waals surface area (Å²) in [4.78, 5) is 0.740. The Hall–Kier alpha value is -2.10. The highest BCUT2D eigenvalue weighted by molar-refractivity contribution is 7.06. The number of hydrogen-bond acceptors (Lipinski definition) is 3. The lowest BCUT2D eigenvalue weighted by atomic mass is 10.2. The molecule has 1 heterocycles. The molecule has 1 aromatic heterocycles. The Labute approximate surface area is 98.3 Å². The number of rotatable bonds is 0. The normalized spacial score (nSPS) is 9.00. The maximum absolute atomic E-state index is 8.93. The smallest absolute Gasteiger partial charge is 0.116 e. The van der Waals surface area contributed by atoms with Crippen LogP contribution < -0.4 is 0 Å². The highest BCUT2D eigenvalue weighted by Gasteiger charge is 2.06. The highest BCUT2D eigenvalue weighted by atomic mass is 32.1. The molecule has 0 saturated heterocycles. The number of nitriles is 1. The van der Waals surface area contributed by atoms with Gasteiger partial charge in [0, 0.05) is 5.56 Å². The van der Waals surface area contributed by atoms with Gasteiger partial charge in [-0.15, -0.1) is 0 Å². The van der Waals surface area contributed by atoms with Crippen molar-refractivity contribution in [3.8, 4) is 17.9 Å². The first kappa shape index (κ1) is 10.4. The molecule has 0 aliphatic rings. The molecule has 0 unspecified atom stereocenters. The molecule has 16 heavy (non-hydrogen) atoms. The molecule has 2 rings (SSSR count). The zero-order chi connectivity index (χ0) is 11.4. The van der Waals surface area contributed by atoms with Crippen LogP contribution in [0.25, 0.3) is 0 Å². The van der Waals surface area contributed by atoms with Crippen molar-refractivity contribution in [3.63, 3.8) is 0 Å². The van der Waals surface area contributed by atoms with Crippen LogP contribution >= 0.6 is 11.5 Å². The Morgan fingerprint density at radius 3 is 2.62 bits per heavy atom. The van der Waals surface area contributed by atoms with Crippen molar-refractivity contribution in [1.82, 2.24) is 4.37 Å². The fourth-order valence-electron chi connectivity index (χ4n) is 1.24. The molecular formula is C13H8N2S. The third-order valence-electron chi connectivity index (χ3n) is 2.07. The first-order chi connectivity index (χ1) is 7.81. The summed E-state index contributed by atoms with van der Waals surface area (Å²) in [5, 5.41) is 8.93. The molecule has 3 heteroatoms. The van der Waals surface area contributed by atoms with Gasteiger partial charge in [-0.25, -0.2) is 0 Å². The summed E-state index contributed by atoms with van der Waals surface area (Å²) < 4.78 is 4.12. The predicted molar refractivity (Wildman–Crippen MR) is 64.0 cm³/mol. The van der Waals surface area contributed by atoms with E-state index < -0.39 is 0 Å². The van der Waals surface area contributed by atoms with E-state index in [0.29, 0.717) is 5.56 Å². The van der Waals surface area contributed by atoms with Crippen LogP contribution in [0.15, 0.2) is 30.3 Å². The quantitative estimate of drug-likeness (QED) is 0.645. The zero-order valence-corrected chi connectivity index (χ0v) is 9.51. The van der Waals surface area contributed by atoms with E-state index in [0.717, 1.165) is 16.1 Å². The van der Waals surface area contributed by atoms with E-state index >= 15 is 0 Å². The van der Waals surface area contributed by atoms with Crippen molar-refractivity contribution in [2.45, 2.75) is 6.92 Å². The molecule has 0 atom stereocenters. The average molecular weight is 224 g/mol. The summed E-state index contributed by atoms with van der Waals surface area (Å²) >= 11 is 1.27. The molecule has 0 fully saturated rings. The van der Waals surface area contributed by atoms with E-state index in [-0.39, 0.29) is 0 Å². The summed E-state index contributed by atoms with van der Waals surface area (Å²) in [6, 6.07) is 11.8. The van der Waals surface area contributed by atoms with Gasteiger partial charge in [0.15, 0.2) is 0 Å². The molecule has 0 saturated carbocycles. The highest BCUT2D eigenvalue weighted by Crippen LogP contribution is 2.15. The lowest BCUT2D eigenvalue weighted by Crippen LogP contribution is -1.79. The van der Waals surface area contributed by atoms with Crippen LogP contribution in [0.2, 0.25) is 0 Å². The zero-order valence-electron chi connectivity index (χ0n) is 8.69. The van der Waals surface area contributed by atoms with Gasteiger partial charge in [0.1, 0.15) is 16.5 Å². The van der Waals surface area contributed by atoms with Crippen molar-refractivity contribution in [3.05, 3.63) is 52.0 Å². The van der Waals surface area contributed by atoms with Gasteiger partial charge in [0.2, 0.25) is 0 Å². The van der Waals surface area contributed by atoms with Gasteiger partial charge >= 0.3 is 0 Å². The Morgan fingerprint density at radius 1 is 1.19 bits per heavy atom. The second-order valence-electron chi connectivity index (χ2n) is 3.20. The third-order valence-corrected chi connectivity index (χ3v) is 2.92. The second-order valence-corrected chi connectivity index (χ2v) is 3.97. The molecule has 0 aliphatic carbocycles. The van der Waals surface area contributed by atoms with Gasteiger partial charge in [0.05, 0.1) is 5.69 Å². The minimum Gasteiger partial charge on any atom is -0.195 e. The Kier molecular flexibility index (Phi) is 3.00. The number of hydrogen-bond donors (Lipinski definition) is 0. The lowest BCUT2D eigenvalue weighted by Gasteiger charge is -1.86. The van der Waals surface area contributed by atoms with E-state index in [1.165, 1.54) is 11.5 Å². The van der Waals surface area contributed by atoms with Crippen molar-refractivity contribution in [2.75, 3.05) is 0 Å². The largest absolute Gasteiger partial charge is 0.195 e. The van der Waals surface area contributed by atoms with Crippen LogP contribution in [-0.4, -0.2) is 4.37 Å². The van der Waals surface area contributed by atoms with E-state index in [9.17, 15) is 0 Å². The molecule has 0 bridgehead atoms. The van der Waals surface area contributed by atoms with Crippen LogP contribution in [0, 0.1) is 30.1 Å². The molecule has 0 amide bonds. The standard InChI is InChI=1S/C13H8N2S/c1-10-12(9-14)13(16-15-10)8-7-11-5-3-2-4-6-11/h2-6H,1H3. The van der Waals surface area contributed by atoms with Crippen molar-refractivity contribution >= 4 is 11.5 Å². The lowest BCUT2D eigenvalue weighted by molar-refractivity contribution is 1.31. The van der Waals surface area contributed by atoms with Crippen LogP contribution in [0.1, 0.15) is 21.7 Å². The first-order valence-electron chi connectivity index (χ1n) is 4.74. The Balaban J connectivity index is 2.36. The molecule has 0 spiro atoms. The Morgan fingerprint density at radius 2 is 1.94 bits per heavy atom. The Bertz CT molecular complexity index is 594. The number of aromatic nitrogens is 1. The predicted octanol–water partition coefficient (Wildman–Crippen LogP) is 2.72. The summed E-state index contributed by atoms with van der Waals surface area (Å²) in [5.74, 6) is 6.00. The van der Waals surface area contributed by atoms with Gasteiger partial charge < -0.3 is 0 Å². The molecule has 0 aliphatic heterocycles. The molecule has 0 N–H and O–H groups in total. The number of benzene rings is 1. The van der Waals surface area contributed by atoms with Gasteiger partial charge in [0.25, 0.3) is 0 Å². The maximum Gasteiger partial charge on any atom is 0.116 e. The minimum atomic E-state index is 0.591. The van der Waals surface area contributed by atoms with Crippen LogP contribution in [0.3, 0.4) is 0 Å². The van der Waals surface area contributed by atoms with E-state index in [1.54, 1.807) is 0 Å². The molecule has 0 radical (unpaired) electrons. The van der Waals surface area contributed by atoms with Gasteiger partial charge in [-0.1, -0.05) is 24.1 Å². The first-order valence-corrected chi connectivity index (χ1v) is 5.52. The summed E-state index contributed by atoms with van der Waals surface area (Å²) in [5.41, 5.74) is 2.29. The third kappa shape index (κ3) is 2.11. The molecular weight excluding hydrogens is 216 g/mol. The van der Waals surface area contributed by atoms with E-state index in [1.807, 2.05) is 37.3 Å². The van der Waals surface area contributed by atoms with Gasteiger partial charge in [-0.3, -0.25) is 0 Å². The van der Waals surface area contributed by atoms with Crippen molar-refractivity contribution in [2.24, 2.45) is 0 Å². The van der Waals surface area contributed by atoms with Gasteiger partial charge in [-0.2, -0.15) is 9.64 Å². The number of aryl methyl sites for hydroxylation is 1. The van der Waals surface area contributed by atoms with Crippen LogP contribution in [0.4, 0.5) is 0 Å². The number of nitrogens with zero attached hydrogens (tertiary/aromatic N) is 2. The van der Waals surface area contributed by atoms with Crippen LogP contribution in [-0.2, 0) is 0 Å². The molecule has 2 aromatic rings. The topological polar surface area (TPSA) is 36.7 Å². The minimum absolute atomic E-state index is 0.591. The second kappa shape index (κ2) is 4.61. The summed E-state index contributed by atoms with van der Waals surface area (Å²) in [6.07, 6.45) is 0. The average Bonchev–Trinajstić information content (AvgIpc) is 2.68. The molecule has 76 valence electrons. The summed E-state index contributed by atoms with van der Waals surface area (Å²) in [7, 11) is 0. The van der Waals surface area contributed by atoms with Crippen molar-refractivity contribution < 1.29 is 0 Å². The van der Waals surface area contributed by atoms with Crippen LogP contribution in [0.5, 0.6) is 0 Å². The molecule has 1 aromatic carbocycles. The monoisotopic (exact) mass is 224 g/mol. The summed E-state index contributed by atoms with van der Waals surface area (Å²) in [6.45, 7) is 1.82. The van der Waals surface area contributed by atoms with E-state index in [2.05, 4.69) is 22.3 Å². The fourth-order valence-corrected chi connectivity index (χ4v) is 1.94. The SMILES string of the molecule is Cc1nsc(C#Cc2ccccc2)c1C#N.